The Hall–Kier alpha value is -2.66. The highest BCUT2D eigenvalue weighted by Gasteiger charge is 2.11. The van der Waals surface area contributed by atoms with Gasteiger partial charge in [-0.25, -0.2) is 9.18 Å². The van der Waals surface area contributed by atoms with Crippen molar-refractivity contribution in [3.8, 4) is 0 Å². The molecule has 0 aliphatic rings. The monoisotopic (exact) mass is 361 g/mol. The Kier molecular flexibility index (Phi) is 6.71. The number of rotatable bonds is 6. The van der Waals surface area contributed by atoms with Crippen LogP contribution in [0.5, 0.6) is 0 Å². The minimum Gasteiger partial charge on any atom is -0.452 e. The molecule has 0 aliphatic carbocycles. The highest BCUT2D eigenvalue weighted by atomic mass is 35.5. The van der Waals surface area contributed by atoms with Crippen LogP contribution in [0.3, 0.4) is 0 Å². The van der Waals surface area contributed by atoms with Crippen LogP contribution in [-0.4, -0.2) is 18.5 Å². The number of carbonyl (C=O) groups excluding carboxylic acids is 2. The Bertz CT molecular complexity index is 774. The lowest BCUT2D eigenvalue weighted by Crippen LogP contribution is -2.30. The molecule has 0 unspecified atom stereocenters. The van der Waals surface area contributed by atoms with Crippen molar-refractivity contribution in [3.05, 3.63) is 76.6 Å². The van der Waals surface area contributed by atoms with E-state index in [2.05, 4.69) is 5.32 Å². The molecular formula is C19H17ClFNO3. The van der Waals surface area contributed by atoms with Gasteiger partial charge in [-0.2, -0.15) is 0 Å². The van der Waals surface area contributed by atoms with E-state index in [1.165, 1.54) is 24.3 Å². The smallest absolute Gasteiger partial charge is 0.331 e. The lowest BCUT2D eigenvalue weighted by atomic mass is 10.1. The number of esters is 1. The number of hydrogen-bond acceptors (Lipinski definition) is 3. The Morgan fingerprint density at radius 3 is 2.56 bits per heavy atom. The first kappa shape index (κ1) is 18.7. The average molecular weight is 362 g/mol. The number of halogens is 2. The van der Waals surface area contributed by atoms with Gasteiger partial charge in [-0.1, -0.05) is 41.9 Å². The van der Waals surface area contributed by atoms with Crippen LogP contribution in [0.15, 0.2) is 54.6 Å². The van der Waals surface area contributed by atoms with Crippen LogP contribution >= 0.6 is 11.6 Å². The highest BCUT2D eigenvalue weighted by molar-refractivity contribution is 6.32. The summed E-state index contributed by atoms with van der Waals surface area (Å²) in [5.74, 6) is -1.44. The third-order valence-electron chi connectivity index (χ3n) is 3.40. The van der Waals surface area contributed by atoms with Crippen LogP contribution in [0.1, 0.15) is 24.1 Å². The van der Waals surface area contributed by atoms with E-state index < -0.39 is 18.5 Å². The summed E-state index contributed by atoms with van der Waals surface area (Å²) < 4.78 is 17.8. The summed E-state index contributed by atoms with van der Waals surface area (Å²) in [5.41, 5.74) is 1.43. The summed E-state index contributed by atoms with van der Waals surface area (Å²) in [6, 6.07) is 12.5. The second kappa shape index (κ2) is 8.99. The van der Waals surface area contributed by atoms with Gasteiger partial charge in [0.2, 0.25) is 0 Å². The van der Waals surface area contributed by atoms with Crippen molar-refractivity contribution >= 4 is 29.6 Å². The normalized spacial score (nSPS) is 12.0. The first-order chi connectivity index (χ1) is 12.0. The lowest BCUT2D eigenvalue weighted by molar-refractivity contribution is -0.144. The Morgan fingerprint density at radius 1 is 1.20 bits per heavy atom. The quantitative estimate of drug-likeness (QED) is 0.627. The highest BCUT2D eigenvalue weighted by Crippen LogP contribution is 2.16. The predicted octanol–water partition coefficient (Wildman–Crippen LogP) is 3.91. The van der Waals surface area contributed by atoms with Crippen LogP contribution in [0, 0.1) is 5.82 Å². The number of carbonyl (C=O) groups is 2. The first-order valence-corrected chi connectivity index (χ1v) is 7.97. The molecule has 0 fully saturated rings. The van der Waals surface area contributed by atoms with Crippen LogP contribution in [0.4, 0.5) is 4.39 Å². The molecule has 0 spiro atoms. The Labute approximate surface area is 150 Å². The van der Waals surface area contributed by atoms with Crippen molar-refractivity contribution in [2.75, 3.05) is 6.61 Å². The molecular weight excluding hydrogens is 345 g/mol. The fourth-order valence-corrected chi connectivity index (χ4v) is 2.27. The van der Waals surface area contributed by atoms with E-state index in [1.54, 1.807) is 43.3 Å². The Balaban J connectivity index is 1.80. The maximum atomic E-state index is 12.9. The van der Waals surface area contributed by atoms with Crippen LogP contribution < -0.4 is 5.32 Å². The third kappa shape index (κ3) is 6.04. The van der Waals surface area contributed by atoms with Gasteiger partial charge in [-0.3, -0.25) is 4.79 Å². The van der Waals surface area contributed by atoms with E-state index in [0.29, 0.717) is 10.6 Å². The summed E-state index contributed by atoms with van der Waals surface area (Å²) in [7, 11) is 0. The van der Waals surface area contributed by atoms with E-state index in [9.17, 15) is 14.0 Å². The second-order valence-electron chi connectivity index (χ2n) is 5.30. The van der Waals surface area contributed by atoms with Crippen molar-refractivity contribution in [2.45, 2.75) is 13.0 Å². The average Bonchev–Trinajstić information content (AvgIpc) is 2.59. The van der Waals surface area contributed by atoms with Gasteiger partial charge < -0.3 is 10.1 Å². The van der Waals surface area contributed by atoms with E-state index in [1.807, 2.05) is 0 Å². The molecule has 1 atom stereocenters. The van der Waals surface area contributed by atoms with Crippen molar-refractivity contribution in [1.29, 1.82) is 0 Å². The number of hydrogen-bond donors (Lipinski definition) is 1. The summed E-state index contributed by atoms with van der Waals surface area (Å²) in [4.78, 5) is 23.5. The van der Waals surface area contributed by atoms with Crippen molar-refractivity contribution in [1.82, 2.24) is 5.32 Å². The van der Waals surface area contributed by atoms with E-state index in [4.69, 9.17) is 16.3 Å². The molecule has 2 rings (SSSR count). The maximum Gasteiger partial charge on any atom is 0.331 e. The van der Waals surface area contributed by atoms with Crippen molar-refractivity contribution < 1.29 is 18.7 Å². The fraction of sp³-hybridized carbons (Fsp3) is 0.158. The number of nitrogens with one attached hydrogen (secondary N) is 1. The molecule has 1 N–H and O–H groups in total. The molecule has 0 radical (unpaired) electrons. The number of amides is 1. The molecule has 2 aromatic rings. The molecule has 0 aromatic heterocycles. The van der Waals surface area contributed by atoms with Gasteiger partial charge >= 0.3 is 5.97 Å². The van der Waals surface area contributed by atoms with E-state index in [0.717, 1.165) is 5.56 Å². The molecule has 130 valence electrons. The molecule has 4 nitrogen and oxygen atoms in total. The number of benzene rings is 2. The van der Waals surface area contributed by atoms with Gasteiger partial charge in [0.05, 0.1) is 6.04 Å². The first-order valence-electron chi connectivity index (χ1n) is 7.60. The summed E-state index contributed by atoms with van der Waals surface area (Å²) in [6.45, 7) is 1.35. The van der Waals surface area contributed by atoms with Gasteiger partial charge in [0.1, 0.15) is 5.82 Å². The molecule has 2 aromatic carbocycles. The molecule has 0 aliphatic heterocycles. The van der Waals surface area contributed by atoms with Gasteiger partial charge in [-0.05, 0) is 42.3 Å². The standard InChI is InChI=1S/C19H17ClFNO3/c1-13(14-6-9-16(21)10-7-14)22-18(23)12-25-19(24)11-8-15-4-2-3-5-17(15)20/h2-11,13H,12H2,1H3,(H,22,23)/b11-8+/t13-/m0/s1. The minimum absolute atomic E-state index is 0.328. The van der Waals surface area contributed by atoms with E-state index in [-0.39, 0.29) is 11.9 Å². The SMILES string of the molecule is C[C@H](NC(=O)COC(=O)/C=C/c1ccccc1Cl)c1ccc(F)cc1. The molecule has 1 amide bonds. The van der Waals surface area contributed by atoms with Gasteiger partial charge in [0.15, 0.2) is 6.61 Å². The number of ether oxygens (including phenoxy) is 1. The summed E-state index contributed by atoms with van der Waals surface area (Å²) in [5, 5.41) is 3.18. The van der Waals surface area contributed by atoms with Crippen molar-refractivity contribution in [3.63, 3.8) is 0 Å². The lowest BCUT2D eigenvalue weighted by Gasteiger charge is -2.14. The molecule has 0 saturated carbocycles. The van der Waals surface area contributed by atoms with Crippen LogP contribution in [0.25, 0.3) is 6.08 Å². The maximum absolute atomic E-state index is 12.9. The van der Waals surface area contributed by atoms with Gasteiger partial charge in [0.25, 0.3) is 5.91 Å². The third-order valence-corrected chi connectivity index (χ3v) is 3.74. The van der Waals surface area contributed by atoms with Gasteiger partial charge in [0, 0.05) is 11.1 Å². The molecule has 6 heteroatoms. The zero-order chi connectivity index (χ0) is 18.2. The topological polar surface area (TPSA) is 55.4 Å². The molecule has 25 heavy (non-hydrogen) atoms. The van der Waals surface area contributed by atoms with Gasteiger partial charge in [-0.15, -0.1) is 0 Å². The van der Waals surface area contributed by atoms with Crippen molar-refractivity contribution in [2.24, 2.45) is 0 Å². The molecule has 0 bridgehead atoms. The largest absolute Gasteiger partial charge is 0.452 e. The van der Waals surface area contributed by atoms with Crippen LogP contribution in [0.2, 0.25) is 5.02 Å². The molecule has 0 saturated heterocycles. The minimum atomic E-state index is -0.649. The molecule has 0 heterocycles. The Morgan fingerprint density at radius 2 is 1.88 bits per heavy atom. The zero-order valence-corrected chi connectivity index (χ0v) is 14.3. The fourth-order valence-electron chi connectivity index (χ4n) is 2.07. The summed E-state index contributed by atoms with van der Waals surface area (Å²) >= 11 is 5.97. The second-order valence-corrected chi connectivity index (χ2v) is 5.71. The summed E-state index contributed by atoms with van der Waals surface area (Å²) in [6.07, 6.45) is 2.72. The van der Waals surface area contributed by atoms with E-state index >= 15 is 0 Å². The zero-order valence-electron chi connectivity index (χ0n) is 13.5. The van der Waals surface area contributed by atoms with Crippen LogP contribution in [-0.2, 0) is 14.3 Å². The predicted molar refractivity (Wildman–Crippen MR) is 94.4 cm³/mol.